The quantitative estimate of drug-likeness (QED) is 0.0747. The topological polar surface area (TPSA) is 133 Å². The Bertz CT molecular complexity index is 1110. The first-order valence-corrected chi connectivity index (χ1v) is 16.5. The maximum Gasteiger partial charge on any atom is 0.328 e. The zero-order valence-corrected chi connectivity index (χ0v) is 26.1. The summed E-state index contributed by atoms with van der Waals surface area (Å²) in [6.45, 7) is 4.46. The smallest absolute Gasteiger partial charge is 0.328 e. The van der Waals surface area contributed by atoms with Crippen LogP contribution in [0.1, 0.15) is 114 Å². The number of carbonyl (C=O) groups is 3. The maximum atomic E-state index is 13.0. The van der Waals surface area contributed by atoms with Crippen molar-refractivity contribution in [3.05, 3.63) is 35.9 Å². The summed E-state index contributed by atoms with van der Waals surface area (Å²) >= 11 is 0.774. The highest BCUT2D eigenvalue weighted by Gasteiger charge is 2.29. The number of carboxylic acid groups (broad SMARTS) is 2. The molecule has 2 rings (SSSR count). The van der Waals surface area contributed by atoms with E-state index in [4.69, 9.17) is 14.9 Å². The van der Waals surface area contributed by atoms with E-state index in [-0.39, 0.29) is 17.9 Å². The van der Waals surface area contributed by atoms with Gasteiger partial charge in [-0.1, -0.05) is 115 Å². The largest absolute Gasteiger partial charge is 0.506 e. The normalized spacial score (nSPS) is 12.0. The number of amides is 1. The number of phenols is 1. The molecular weight excluding hydrogens is 554 g/mol. The molecule has 0 bridgehead atoms. The maximum absolute atomic E-state index is 13.0. The van der Waals surface area contributed by atoms with E-state index in [1.807, 2.05) is 0 Å². The molecule has 42 heavy (non-hydrogen) atoms. The van der Waals surface area contributed by atoms with E-state index in [1.165, 1.54) is 76.7 Å². The summed E-state index contributed by atoms with van der Waals surface area (Å²) in [5.41, 5.74) is 0.100. The molecule has 1 atom stereocenters. The van der Waals surface area contributed by atoms with Gasteiger partial charge in [0, 0.05) is 22.6 Å². The molecular formula is C33H49NO7S. The Balaban J connectivity index is 1.78. The van der Waals surface area contributed by atoms with E-state index in [1.54, 1.807) is 31.2 Å². The van der Waals surface area contributed by atoms with Gasteiger partial charge in [-0.05, 0) is 19.4 Å². The Morgan fingerprint density at radius 1 is 0.810 bits per heavy atom. The second-order valence-electron chi connectivity index (χ2n) is 11.0. The number of aliphatic carboxylic acids is 2. The van der Waals surface area contributed by atoms with Crippen LogP contribution in [0.25, 0.3) is 10.8 Å². The number of thioether (sulfide) groups is 1. The summed E-state index contributed by atoms with van der Waals surface area (Å²) in [6, 6.07) is 8.49. The predicted molar refractivity (Wildman–Crippen MR) is 170 cm³/mol. The summed E-state index contributed by atoms with van der Waals surface area (Å²) < 4.78 is 5.92. The first-order chi connectivity index (χ1) is 20.3. The van der Waals surface area contributed by atoms with Gasteiger partial charge in [0.25, 0.3) is 5.91 Å². The third-order valence-corrected chi connectivity index (χ3v) is 8.61. The Labute approximate surface area is 254 Å². The number of rotatable bonds is 23. The van der Waals surface area contributed by atoms with Gasteiger partial charge in [0.2, 0.25) is 0 Å². The van der Waals surface area contributed by atoms with Crippen LogP contribution in [0.3, 0.4) is 0 Å². The minimum Gasteiger partial charge on any atom is -0.506 e. The molecule has 0 aliphatic rings. The first-order valence-electron chi connectivity index (χ1n) is 15.5. The first kappa shape index (κ1) is 35.3. The van der Waals surface area contributed by atoms with Crippen LogP contribution in [0, 0.1) is 0 Å². The van der Waals surface area contributed by atoms with Crippen molar-refractivity contribution in [2.45, 2.75) is 114 Å². The molecule has 234 valence electrons. The molecule has 4 N–H and O–H groups in total. The Morgan fingerprint density at radius 2 is 1.31 bits per heavy atom. The molecule has 1 amide bonds. The lowest BCUT2D eigenvalue weighted by Crippen LogP contribution is -2.29. The van der Waals surface area contributed by atoms with Crippen LogP contribution >= 0.6 is 11.8 Å². The number of carbonyl (C=O) groups excluding carboxylic acids is 1. The summed E-state index contributed by atoms with van der Waals surface area (Å²) in [7, 11) is 0. The van der Waals surface area contributed by atoms with E-state index < -0.39 is 28.3 Å². The number of phenolic OH excluding ortho intramolecular Hbond substituents is 1. The lowest BCUT2D eigenvalue weighted by molar-refractivity contribution is -0.146. The van der Waals surface area contributed by atoms with Crippen LogP contribution < -0.4 is 10.1 Å². The number of aromatic hydroxyl groups is 1. The number of unbranched alkanes of at least 4 members (excludes halogenated alkanes) is 13. The number of hydrogen-bond donors (Lipinski definition) is 4. The van der Waals surface area contributed by atoms with Crippen molar-refractivity contribution in [3.63, 3.8) is 0 Å². The van der Waals surface area contributed by atoms with Gasteiger partial charge in [-0.2, -0.15) is 0 Å². The SMILES string of the molecule is CCCCCCCCCCCCCCCCNC(=O)c1cc(OCC(C)SC(C(=O)O)C(=O)O)c2ccccc2c1O. The zero-order valence-electron chi connectivity index (χ0n) is 25.2. The Hall–Kier alpha value is -2.94. The van der Waals surface area contributed by atoms with Crippen LogP contribution in [-0.2, 0) is 9.59 Å². The minimum atomic E-state index is -1.60. The van der Waals surface area contributed by atoms with Gasteiger partial charge in [0.05, 0.1) is 12.2 Å². The fourth-order valence-electron chi connectivity index (χ4n) is 4.94. The molecule has 0 fully saturated rings. The highest BCUT2D eigenvalue weighted by Crippen LogP contribution is 2.36. The van der Waals surface area contributed by atoms with Crippen LogP contribution in [0.4, 0.5) is 0 Å². The van der Waals surface area contributed by atoms with Crippen molar-refractivity contribution in [1.29, 1.82) is 0 Å². The Kier molecular flexibility index (Phi) is 16.8. The summed E-state index contributed by atoms with van der Waals surface area (Å²) in [5, 5.41) is 31.0. The van der Waals surface area contributed by atoms with E-state index in [0.717, 1.165) is 31.0 Å². The third-order valence-electron chi connectivity index (χ3n) is 7.33. The van der Waals surface area contributed by atoms with Gasteiger partial charge >= 0.3 is 11.9 Å². The van der Waals surface area contributed by atoms with E-state index >= 15 is 0 Å². The van der Waals surface area contributed by atoms with Gasteiger partial charge in [-0.15, -0.1) is 11.8 Å². The standard InChI is InChI=1S/C33H49NO7S/c1-3-4-5-6-7-8-9-10-11-12-13-14-15-18-21-34-31(36)27-22-28(25-19-16-17-20-26(25)29(27)35)41-23-24(2)42-30(32(37)38)33(39)40/h16-17,19-20,22,24,30,35H,3-15,18,21,23H2,1-2H3,(H,34,36)(H,37,38)(H,39,40). The fraction of sp³-hybridized carbons (Fsp3) is 0.606. The van der Waals surface area contributed by atoms with Crippen molar-refractivity contribution in [3.8, 4) is 11.5 Å². The molecule has 0 spiro atoms. The number of benzene rings is 2. The van der Waals surface area contributed by atoms with Crippen molar-refractivity contribution in [1.82, 2.24) is 5.32 Å². The highest BCUT2D eigenvalue weighted by atomic mass is 32.2. The van der Waals surface area contributed by atoms with Crippen molar-refractivity contribution < 1.29 is 34.4 Å². The number of hydrogen-bond acceptors (Lipinski definition) is 6. The molecule has 2 aromatic carbocycles. The molecule has 1 unspecified atom stereocenters. The molecule has 0 aliphatic carbocycles. The van der Waals surface area contributed by atoms with E-state index in [0.29, 0.717) is 23.1 Å². The molecule has 8 nitrogen and oxygen atoms in total. The average molecular weight is 604 g/mol. The highest BCUT2D eigenvalue weighted by molar-refractivity contribution is 8.01. The predicted octanol–water partition coefficient (Wildman–Crippen LogP) is 7.79. The van der Waals surface area contributed by atoms with Crippen LogP contribution in [0.15, 0.2) is 30.3 Å². The lowest BCUT2D eigenvalue weighted by Gasteiger charge is -2.18. The molecule has 9 heteroatoms. The van der Waals surface area contributed by atoms with Crippen molar-refractivity contribution in [2.75, 3.05) is 13.2 Å². The molecule has 0 heterocycles. The number of ether oxygens (including phenoxy) is 1. The third kappa shape index (κ3) is 12.5. The van der Waals surface area contributed by atoms with Crippen molar-refractivity contribution in [2.24, 2.45) is 0 Å². The molecule has 0 aliphatic heterocycles. The second kappa shape index (κ2) is 20.1. The lowest BCUT2D eigenvalue weighted by atomic mass is 10.0. The van der Waals surface area contributed by atoms with Gasteiger partial charge in [0.1, 0.15) is 11.5 Å². The minimum absolute atomic E-state index is 0.0244. The molecule has 0 saturated heterocycles. The number of fused-ring (bicyclic) bond motifs is 1. The Morgan fingerprint density at radius 3 is 1.83 bits per heavy atom. The number of carboxylic acids is 2. The second-order valence-corrected chi connectivity index (χ2v) is 12.5. The fourth-order valence-corrected chi connectivity index (χ4v) is 5.78. The summed E-state index contributed by atoms with van der Waals surface area (Å²) in [4.78, 5) is 35.4. The summed E-state index contributed by atoms with van der Waals surface area (Å²) in [5.74, 6) is -3.01. The van der Waals surface area contributed by atoms with E-state index in [2.05, 4.69) is 12.2 Å². The number of nitrogens with one attached hydrogen (secondary N) is 1. The van der Waals surface area contributed by atoms with Gasteiger partial charge in [-0.25, -0.2) is 0 Å². The van der Waals surface area contributed by atoms with Crippen LogP contribution in [0.5, 0.6) is 11.5 Å². The van der Waals surface area contributed by atoms with Gasteiger partial charge < -0.3 is 25.4 Å². The average Bonchev–Trinajstić information content (AvgIpc) is 2.97. The monoisotopic (exact) mass is 603 g/mol. The molecule has 0 saturated carbocycles. The molecule has 2 aromatic rings. The van der Waals surface area contributed by atoms with Gasteiger partial charge in [-0.3, -0.25) is 14.4 Å². The van der Waals surface area contributed by atoms with Crippen LogP contribution in [-0.4, -0.2) is 56.8 Å². The van der Waals surface area contributed by atoms with Gasteiger partial charge in [0.15, 0.2) is 5.25 Å². The van der Waals surface area contributed by atoms with Crippen LogP contribution in [0.2, 0.25) is 0 Å². The summed E-state index contributed by atoms with van der Waals surface area (Å²) in [6.07, 6.45) is 17.7. The molecule has 0 aromatic heterocycles. The van der Waals surface area contributed by atoms with Crippen molar-refractivity contribution >= 4 is 40.4 Å². The van der Waals surface area contributed by atoms with E-state index in [9.17, 15) is 19.5 Å². The molecule has 0 radical (unpaired) electrons. The zero-order chi connectivity index (χ0) is 30.7.